The van der Waals surface area contributed by atoms with Crippen LogP contribution < -0.4 is 5.32 Å². The fraction of sp³-hybridized carbons (Fsp3) is 0.400. The molecule has 26 heavy (non-hydrogen) atoms. The minimum Gasteiger partial charge on any atom is -0.379 e. The van der Waals surface area contributed by atoms with Gasteiger partial charge in [0.25, 0.3) is 5.91 Å². The lowest BCUT2D eigenvalue weighted by Crippen LogP contribution is -2.39. The van der Waals surface area contributed by atoms with Crippen LogP contribution in [0.2, 0.25) is 0 Å². The topological polar surface area (TPSA) is 57.7 Å². The summed E-state index contributed by atoms with van der Waals surface area (Å²) in [5.41, 5.74) is 1.71. The zero-order valence-corrected chi connectivity index (χ0v) is 15.2. The third-order valence-electron chi connectivity index (χ3n) is 4.46. The van der Waals surface area contributed by atoms with Crippen molar-refractivity contribution >= 4 is 11.7 Å². The predicted molar refractivity (Wildman–Crippen MR) is 102 cm³/mol. The van der Waals surface area contributed by atoms with E-state index in [1.54, 1.807) is 11.1 Å². The Hall–Kier alpha value is -2.44. The maximum Gasteiger partial charge on any atom is 0.255 e. The van der Waals surface area contributed by atoms with Crippen molar-refractivity contribution in [3.8, 4) is 0 Å². The molecule has 0 radical (unpaired) electrons. The van der Waals surface area contributed by atoms with Crippen molar-refractivity contribution in [3.05, 3.63) is 59.8 Å². The van der Waals surface area contributed by atoms with Crippen LogP contribution in [0.3, 0.4) is 0 Å². The molecule has 2 aromatic rings. The van der Waals surface area contributed by atoms with E-state index in [-0.39, 0.29) is 5.91 Å². The van der Waals surface area contributed by atoms with Gasteiger partial charge < -0.3 is 15.0 Å². The number of morpholine rings is 1. The Morgan fingerprint density at radius 3 is 2.65 bits per heavy atom. The van der Waals surface area contributed by atoms with E-state index in [0.717, 1.165) is 50.8 Å². The third kappa shape index (κ3) is 5.28. The van der Waals surface area contributed by atoms with Crippen LogP contribution in [0.5, 0.6) is 0 Å². The van der Waals surface area contributed by atoms with E-state index in [2.05, 4.69) is 15.2 Å². The van der Waals surface area contributed by atoms with Crippen LogP contribution in [0, 0.1) is 0 Å². The van der Waals surface area contributed by atoms with Gasteiger partial charge in [-0.15, -0.1) is 0 Å². The molecule has 6 nitrogen and oxygen atoms in total. The molecule has 0 atom stereocenters. The van der Waals surface area contributed by atoms with Gasteiger partial charge in [0, 0.05) is 46.0 Å². The fourth-order valence-electron chi connectivity index (χ4n) is 2.94. The van der Waals surface area contributed by atoms with Gasteiger partial charge in [0.1, 0.15) is 5.82 Å². The van der Waals surface area contributed by atoms with E-state index >= 15 is 0 Å². The highest BCUT2D eigenvalue weighted by atomic mass is 16.5. The zero-order valence-electron chi connectivity index (χ0n) is 15.2. The van der Waals surface area contributed by atoms with Crippen LogP contribution in [0.1, 0.15) is 15.9 Å². The number of nitrogens with one attached hydrogen (secondary N) is 1. The van der Waals surface area contributed by atoms with Gasteiger partial charge in [0.15, 0.2) is 0 Å². The number of aromatic nitrogens is 1. The summed E-state index contributed by atoms with van der Waals surface area (Å²) in [5, 5.41) is 3.31. The lowest BCUT2D eigenvalue weighted by atomic mass is 10.2. The predicted octanol–water partition coefficient (Wildman–Crippen LogP) is 2.10. The highest BCUT2D eigenvalue weighted by molar-refractivity contribution is 5.93. The number of hydrogen-bond acceptors (Lipinski definition) is 5. The Morgan fingerprint density at radius 2 is 1.96 bits per heavy atom. The van der Waals surface area contributed by atoms with E-state index in [9.17, 15) is 4.79 Å². The summed E-state index contributed by atoms with van der Waals surface area (Å²) in [6, 6.07) is 13.7. The highest BCUT2D eigenvalue weighted by Crippen LogP contribution is 2.10. The summed E-state index contributed by atoms with van der Waals surface area (Å²) in [6.07, 6.45) is 1.64. The van der Waals surface area contributed by atoms with Crippen LogP contribution in [-0.2, 0) is 11.3 Å². The number of anilines is 1. The molecule has 1 fully saturated rings. The molecule has 3 rings (SSSR count). The number of ether oxygens (including phenoxy) is 1. The van der Waals surface area contributed by atoms with Crippen LogP contribution in [0.4, 0.5) is 5.82 Å². The molecule has 1 aliphatic rings. The average Bonchev–Trinajstić information content (AvgIpc) is 2.69. The van der Waals surface area contributed by atoms with Gasteiger partial charge in [0.05, 0.1) is 18.8 Å². The van der Waals surface area contributed by atoms with Crippen molar-refractivity contribution in [1.29, 1.82) is 0 Å². The molecule has 6 heteroatoms. The average molecular weight is 354 g/mol. The summed E-state index contributed by atoms with van der Waals surface area (Å²) in [4.78, 5) is 21.0. The number of rotatable bonds is 7. The van der Waals surface area contributed by atoms with E-state index in [0.29, 0.717) is 12.1 Å². The number of amides is 1. The first kappa shape index (κ1) is 18.4. The van der Waals surface area contributed by atoms with Crippen LogP contribution in [0.15, 0.2) is 48.7 Å². The number of carbonyl (C=O) groups is 1. The van der Waals surface area contributed by atoms with Crippen molar-refractivity contribution in [2.75, 3.05) is 51.8 Å². The standard InChI is InChI=1S/C20H26N4O2/c1-23(16-17-5-3-2-4-6-17)20(25)18-7-8-19(22-15-18)21-9-10-24-11-13-26-14-12-24/h2-8,15H,9-14,16H2,1H3,(H,21,22). The van der Waals surface area contributed by atoms with Crippen molar-refractivity contribution in [3.63, 3.8) is 0 Å². The summed E-state index contributed by atoms with van der Waals surface area (Å²) in [7, 11) is 1.81. The van der Waals surface area contributed by atoms with Gasteiger partial charge >= 0.3 is 0 Å². The van der Waals surface area contributed by atoms with Gasteiger partial charge in [-0.1, -0.05) is 30.3 Å². The zero-order chi connectivity index (χ0) is 18.2. The van der Waals surface area contributed by atoms with Gasteiger partial charge in [-0.2, -0.15) is 0 Å². The van der Waals surface area contributed by atoms with Crippen LogP contribution in [-0.4, -0.2) is 67.1 Å². The van der Waals surface area contributed by atoms with Crippen molar-refractivity contribution in [2.45, 2.75) is 6.54 Å². The molecular weight excluding hydrogens is 328 g/mol. The number of hydrogen-bond donors (Lipinski definition) is 1. The Bertz CT molecular complexity index is 685. The Balaban J connectivity index is 1.47. The maximum absolute atomic E-state index is 12.5. The fourth-order valence-corrected chi connectivity index (χ4v) is 2.94. The van der Waals surface area contributed by atoms with E-state index < -0.39 is 0 Å². The molecular formula is C20H26N4O2. The van der Waals surface area contributed by atoms with E-state index in [1.165, 1.54) is 0 Å². The van der Waals surface area contributed by atoms with Crippen molar-refractivity contribution in [2.24, 2.45) is 0 Å². The molecule has 0 aliphatic carbocycles. The van der Waals surface area contributed by atoms with Gasteiger partial charge in [-0.25, -0.2) is 4.98 Å². The largest absolute Gasteiger partial charge is 0.379 e. The second kappa shape index (κ2) is 9.31. The van der Waals surface area contributed by atoms with Crippen molar-refractivity contribution in [1.82, 2.24) is 14.8 Å². The number of benzene rings is 1. The third-order valence-corrected chi connectivity index (χ3v) is 4.46. The molecule has 1 aliphatic heterocycles. The number of nitrogens with zero attached hydrogens (tertiary/aromatic N) is 3. The summed E-state index contributed by atoms with van der Waals surface area (Å²) in [5.74, 6) is 0.766. The first-order chi connectivity index (χ1) is 12.7. The Labute approximate surface area is 154 Å². The number of carbonyl (C=O) groups excluding carboxylic acids is 1. The normalized spacial score (nSPS) is 14.8. The minimum absolute atomic E-state index is 0.0266. The first-order valence-corrected chi connectivity index (χ1v) is 9.02. The van der Waals surface area contributed by atoms with Crippen LogP contribution in [0.25, 0.3) is 0 Å². The quantitative estimate of drug-likeness (QED) is 0.825. The molecule has 138 valence electrons. The lowest BCUT2D eigenvalue weighted by molar-refractivity contribution is 0.0398. The summed E-state index contributed by atoms with van der Waals surface area (Å²) in [6.45, 7) is 5.96. The SMILES string of the molecule is CN(Cc1ccccc1)C(=O)c1ccc(NCCN2CCOCC2)nc1. The molecule has 2 heterocycles. The van der Waals surface area contributed by atoms with E-state index in [1.807, 2.05) is 49.5 Å². The molecule has 0 spiro atoms. The summed E-state index contributed by atoms with van der Waals surface area (Å²) < 4.78 is 5.35. The minimum atomic E-state index is -0.0266. The highest BCUT2D eigenvalue weighted by Gasteiger charge is 2.13. The molecule has 0 saturated carbocycles. The first-order valence-electron chi connectivity index (χ1n) is 9.02. The Kier molecular flexibility index (Phi) is 6.57. The molecule has 1 N–H and O–H groups in total. The molecule has 0 unspecified atom stereocenters. The monoisotopic (exact) mass is 354 g/mol. The summed E-state index contributed by atoms with van der Waals surface area (Å²) >= 11 is 0. The molecule has 1 amide bonds. The van der Waals surface area contributed by atoms with Gasteiger partial charge in [0.2, 0.25) is 0 Å². The van der Waals surface area contributed by atoms with E-state index in [4.69, 9.17) is 4.74 Å². The number of pyridine rings is 1. The lowest BCUT2D eigenvalue weighted by Gasteiger charge is -2.26. The smallest absolute Gasteiger partial charge is 0.255 e. The second-order valence-electron chi connectivity index (χ2n) is 6.46. The molecule has 1 saturated heterocycles. The van der Waals surface area contributed by atoms with Crippen LogP contribution >= 0.6 is 0 Å². The van der Waals surface area contributed by atoms with Gasteiger partial charge in [-0.05, 0) is 17.7 Å². The van der Waals surface area contributed by atoms with Gasteiger partial charge in [-0.3, -0.25) is 9.69 Å². The molecule has 0 bridgehead atoms. The molecule has 1 aromatic heterocycles. The maximum atomic E-state index is 12.5. The van der Waals surface area contributed by atoms with Crippen molar-refractivity contribution < 1.29 is 9.53 Å². The molecule has 1 aromatic carbocycles. The Morgan fingerprint density at radius 1 is 1.19 bits per heavy atom. The second-order valence-corrected chi connectivity index (χ2v) is 6.46.